The first-order valence-corrected chi connectivity index (χ1v) is 6.07. The van der Waals surface area contributed by atoms with Gasteiger partial charge < -0.3 is 5.11 Å². The molecule has 1 heterocycles. The average Bonchev–Trinajstić information content (AvgIpc) is 3.15. The molecule has 1 fully saturated rings. The van der Waals surface area contributed by atoms with Crippen molar-refractivity contribution in [2.45, 2.75) is 32.2 Å². The van der Waals surface area contributed by atoms with E-state index in [0.29, 0.717) is 6.54 Å². The van der Waals surface area contributed by atoms with Crippen LogP contribution in [0.5, 0.6) is 0 Å². The van der Waals surface area contributed by atoms with Crippen molar-refractivity contribution in [2.24, 2.45) is 0 Å². The van der Waals surface area contributed by atoms with Gasteiger partial charge in [0, 0.05) is 13.1 Å². The number of nitrogens with zero attached hydrogens (tertiary/aromatic N) is 1. The van der Waals surface area contributed by atoms with Crippen LogP contribution in [0.2, 0.25) is 0 Å². The molecule has 4 nitrogen and oxygen atoms in total. The topological polar surface area (TPSA) is 52.6 Å². The first-order valence-electron chi connectivity index (χ1n) is 6.07. The van der Waals surface area contributed by atoms with Crippen LogP contribution in [0.25, 0.3) is 0 Å². The van der Waals surface area contributed by atoms with Gasteiger partial charge in [0.15, 0.2) is 0 Å². The summed E-state index contributed by atoms with van der Waals surface area (Å²) in [5.41, 5.74) is 4.89. The highest BCUT2D eigenvalue weighted by molar-refractivity contribution is 5.63. The van der Waals surface area contributed by atoms with Crippen LogP contribution in [0.1, 0.15) is 30.4 Å². The van der Waals surface area contributed by atoms with Gasteiger partial charge in [-0.3, -0.25) is 5.43 Å². The summed E-state index contributed by atoms with van der Waals surface area (Å²) in [6.45, 7) is 1.39. The normalized spacial score (nSPS) is 17.4. The maximum absolute atomic E-state index is 10.4. The number of amides is 1. The minimum Gasteiger partial charge on any atom is -0.464 e. The number of benzene rings is 1. The highest BCUT2D eigenvalue weighted by Crippen LogP contribution is 2.16. The number of hydrogen-bond donors (Lipinski definition) is 2. The van der Waals surface area contributed by atoms with Crippen LogP contribution in [0.15, 0.2) is 24.3 Å². The van der Waals surface area contributed by atoms with E-state index in [-0.39, 0.29) is 0 Å². The Labute approximate surface area is 101 Å². The molecule has 3 rings (SSSR count). The highest BCUT2D eigenvalue weighted by atomic mass is 16.4. The highest BCUT2D eigenvalue weighted by Gasteiger charge is 2.16. The second-order valence-electron chi connectivity index (χ2n) is 4.42. The van der Waals surface area contributed by atoms with Gasteiger partial charge in [-0.2, -0.15) is 0 Å². The van der Waals surface area contributed by atoms with Crippen molar-refractivity contribution in [2.75, 3.05) is 6.54 Å². The molecular formula is C13H18N2O2. The Morgan fingerprint density at radius 2 is 1.82 bits per heavy atom. The van der Waals surface area contributed by atoms with Gasteiger partial charge >= 0.3 is 6.09 Å². The van der Waals surface area contributed by atoms with Crippen LogP contribution in [-0.4, -0.2) is 22.8 Å². The summed E-state index contributed by atoms with van der Waals surface area (Å²) in [6, 6.07) is 8.11. The van der Waals surface area contributed by atoms with Crippen molar-refractivity contribution in [1.82, 2.24) is 10.4 Å². The van der Waals surface area contributed by atoms with Crippen molar-refractivity contribution in [1.29, 1.82) is 0 Å². The summed E-state index contributed by atoms with van der Waals surface area (Å²) >= 11 is 0. The van der Waals surface area contributed by atoms with Crippen LogP contribution in [0.3, 0.4) is 0 Å². The van der Waals surface area contributed by atoms with Crippen LogP contribution in [0, 0.1) is 0 Å². The third-order valence-electron chi connectivity index (χ3n) is 2.74. The number of hydrogen-bond acceptors (Lipinski definition) is 2. The quantitative estimate of drug-likeness (QED) is 0.784. The molecule has 0 saturated heterocycles. The Bertz CT molecular complexity index is 388. The maximum Gasteiger partial charge on any atom is 0.419 e. The summed E-state index contributed by atoms with van der Waals surface area (Å²) in [5, 5.41) is 10.3. The van der Waals surface area contributed by atoms with Crippen molar-refractivity contribution in [3.63, 3.8) is 0 Å². The lowest BCUT2D eigenvalue weighted by atomic mass is 10.0. The van der Waals surface area contributed by atoms with Gasteiger partial charge in [-0.1, -0.05) is 43.5 Å². The Morgan fingerprint density at radius 3 is 2.41 bits per heavy atom. The Balaban J connectivity index is 0.000000313. The molecule has 0 radical (unpaired) electrons. The predicted octanol–water partition coefficient (Wildman–Crippen LogP) is 2.40. The van der Waals surface area contributed by atoms with E-state index in [1.54, 1.807) is 5.01 Å². The molecule has 1 saturated carbocycles. The second-order valence-corrected chi connectivity index (χ2v) is 4.42. The van der Waals surface area contributed by atoms with Crippen molar-refractivity contribution < 1.29 is 9.90 Å². The van der Waals surface area contributed by atoms with Crippen LogP contribution in [-0.2, 0) is 13.0 Å². The van der Waals surface area contributed by atoms with Gasteiger partial charge in [-0.05, 0) is 17.5 Å². The fraction of sp³-hybridized carbons (Fsp3) is 0.462. The summed E-state index contributed by atoms with van der Waals surface area (Å²) < 4.78 is 0. The molecule has 0 aromatic heterocycles. The molecule has 1 aromatic rings. The molecule has 0 spiro atoms. The van der Waals surface area contributed by atoms with Crippen LogP contribution >= 0.6 is 0 Å². The Kier molecular flexibility index (Phi) is 3.98. The fourth-order valence-electron chi connectivity index (χ4n) is 1.73. The van der Waals surface area contributed by atoms with Crippen LogP contribution in [0.4, 0.5) is 4.79 Å². The van der Waals surface area contributed by atoms with E-state index in [1.165, 1.54) is 30.4 Å². The lowest BCUT2D eigenvalue weighted by Gasteiger charge is -2.27. The number of fused-ring (bicyclic) bond motifs is 1. The largest absolute Gasteiger partial charge is 0.464 e. The SMILES string of the molecule is C1CC1.O=C(O)NN1CCc2ccccc2C1. The monoisotopic (exact) mass is 234 g/mol. The summed E-state index contributed by atoms with van der Waals surface area (Å²) in [4.78, 5) is 10.4. The van der Waals surface area contributed by atoms with E-state index in [0.717, 1.165) is 13.0 Å². The zero-order valence-corrected chi connectivity index (χ0v) is 9.85. The first kappa shape index (κ1) is 11.9. The lowest BCUT2D eigenvalue weighted by molar-refractivity contribution is 0.130. The second kappa shape index (κ2) is 5.68. The van der Waals surface area contributed by atoms with Gasteiger partial charge in [0.1, 0.15) is 0 Å². The molecule has 1 aliphatic carbocycles. The molecule has 1 amide bonds. The fourth-order valence-corrected chi connectivity index (χ4v) is 1.73. The number of nitrogens with one attached hydrogen (secondary N) is 1. The Hall–Kier alpha value is -1.55. The van der Waals surface area contributed by atoms with Gasteiger partial charge in [0.25, 0.3) is 0 Å². The Morgan fingerprint density at radius 1 is 1.18 bits per heavy atom. The maximum atomic E-state index is 10.4. The molecule has 1 aliphatic heterocycles. The molecule has 4 heteroatoms. The first-order chi connectivity index (χ1) is 8.25. The van der Waals surface area contributed by atoms with E-state index in [9.17, 15) is 4.79 Å². The zero-order valence-electron chi connectivity index (χ0n) is 9.85. The zero-order chi connectivity index (χ0) is 12.1. The molecule has 0 bridgehead atoms. The third kappa shape index (κ3) is 4.07. The van der Waals surface area contributed by atoms with Crippen molar-refractivity contribution in [3.05, 3.63) is 35.4 Å². The van der Waals surface area contributed by atoms with E-state index in [1.807, 2.05) is 18.2 Å². The van der Waals surface area contributed by atoms with Crippen molar-refractivity contribution in [3.8, 4) is 0 Å². The van der Waals surface area contributed by atoms with E-state index < -0.39 is 6.09 Å². The molecule has 0 unspecified atom stereocenters. The van der Waals surface area contributed by atoms with Gasteiger partial charge in [-0.25, -0.2) is 9.80 Å². The number of carbonyl (C=O) groups is 1. The smallest absolute Gasteiger partial charge is 0.419 e. The lowest BCUT2D eigenvalue weighted by Crippen LogP contribution is -2.44. The molecular weight excluding hydrogens is 216 g/mol. The van der Waals surface area contributed by atoms with Gasteiger partial charge in [0.2, 0.25) is 0 Å². The van der Waals surface area contributed by atoms with Crippen LogP contribution < -0.4 is 5.43 Å². The number of rotatable bonds is 1. The molecule has 0 atom stereocenters. The summed E-state index contributed by atoms with van der Waals surface area (Å²) in [6.07, 6.45) is 4.40. The van der Waals surface area contributed by atoms with E-state index in [4.69, 9.17) is 5.11 Å². The van der Waals surface area contributed by atoms with E-state index >= 15 is 0 Å². The number of hydrazine groups is 1. The minimum absolute atomic E-state index is 0.655. The minimum atomic E-state index is -0.996. The average molecular weight is 234 g/mol. The molecule has 2 aliphatic rings. The predicted molar refractivity (Wildman–Crippen MR) is 65.6 cm³/mol. The molecule has 92 valence electrons. The van der Waals surface area contributed by atoms with Gasteiger partial charge in [-0.15, -0.1) is 0 Å². The molecule has 1 aromatic carbocycles. The standard InChI is InChI=1S/C10H12N2O2.C3H6/c13-10(14)11-12-6-5-8-3-1-2-4-9(8)7-12;1-2-3-1/h1-4,11H,5-7H2,(H,13,14);1-3H2. The van der Waals surface area contributed by atoms with E-state index in [2.05, 4.69) is 11.5 Å². The third-order valence-corrected chi connectivity index (χ3v) is 2.74. The molecule has 2 N–H and O–H groups in total. The summed E-state index contributed by atoms with van der Waals surface area (Å²) in [5.74, 6) is 0. The molecule has 17 heavy (non-hydrogen) atoms. The summed E-state index contributed by atoms with van der Waals surface area (Å²) in [7, 11) is 0. The van der Waals surface area contributed by atoms with Crippen molar-refractivity contribution >= 4 is 6.09 Å². The van der Waals surface area contributed by atoms with Gasteiger partial charge in [0.05, 0.1) is 0 Å². The number of carboxylic acid groups (broad SMARTS) is 1.